The maximum atomic E-state index is 4.21. The Morgan fingerprint density at radius 2 is 0.906 bits per heavy atom. The molecule has 10 rings (SSSR count). The monoisotopic (exact) mass is 678 g/mol. The third-order valence-electron chi connectivity index (χ3n) is 10.3. The van der Waals surface area contributed by atoms with E-state index in [-0.39, 0.29) is 0 Å². The smallest absolute Gasteiger partial charge is 0.0635 e. The number of benzene rings is 7. The fraction of sp³-hybridized carbons (Fsp3) is 0. The SMILES string of the molecule is c1ccc(-c2ccc(N(c3ccc(-c4ccncc4)cc3)c3ccc4c(c3)c3ccc5c(ccn5-c5ccccc5)c3n4-c3ccccc3)cc2)cc1. The predicted octanol–water partition coefficient (Wildman–Crippen LogP) is 12.9. The van der Waals surface area contributed by atoms with Gasteiger partial charge < -0.3 is 14.0 Å². The molecule has 0 atom stereocenters. The van der Waals surface area contributed by atoms with Crippen molar-refractivity contribution in [3.05, 3.63) is 207 Å². The second kappa shape index (κ2) is 12.9. The van der Waals surface area contributed by atoms with Crippen LogP contribution in [0.25, 0.3) is 66.3 Å². The molecule has 0 saturated heterocycles. The Balaban J connectivity index is 1.17. The van der Waals surface area contributed by atoms with Crippen molar-refractivity contribution in [3.8, 4) is 33.6 Å². The number of fused-ring (bicyclic) bond motifs is 5. The van der Waals surface area contributed by atoms with Crippen molar-refractivity contribution in [2.24, 2.45) is 0 Å². The Bertz CT molecular complexity index is 2760. The summed E-state index contributed by atoms with van der Waals surface area (Å²) in [6, 6.07) is 67.4. The number of rotatable bonds is 7. The summed E-state index contributed by atoms with van der Waals surface area (Å²) in [5.41, 5.74) is 13.8. The van der Waals surface area contributed by atoms with Crippen LogP contribution in [-0.4, -0.2) is 14.1 Å². The lowest BCUT2D eigenvalue weighted by atomic mass is 10.0. The van der Waals surface area contributed by atoms with Crippen LogP contribution in [0.1, 0.15) is 0 Å². The number of pyridine rings is 1. The fourth-order valence-corrected chi connectivity index (χ4v) is 7.74. The molecule has 0 bridgehead atoms. The molecule has 250 valence electrons. The first-order chi connectivity index (χ1) is 26.3. The van der Waals surface area contributed by atoms with Crippen LogP contribution >= 0.6 is 0 Å². The zero-order valence-corrected chi connectivity index (χ0v) is 28.9. The van der Waals surface area contributed by atoms with Crippen molar-refractivity contribution >= 4 is 49.8 Å². The van der Waals surface area contributed by atoms with Crippen LogP contribution in [0.3, 0.4) is 0 Å². The molecular weight excluding hydrogens is 645 g/mol. The van der Waals surface area contributed by atoms with Gasteiger partial charge >= 0.3 is 0 Å². The van der Waals surface area contributed by atoms with Crippen LogP contribution < -0.4 is 4.90 Å². The molecule has 0 N–H and O–H groups in total. The Hall–Kier alpha value is -7.17. The van der Waals surface area contributed by atoms with Gasteiger partial charge in [0.1, 0.15) is 0 Å². The number of nitrogens with zero attached hydrogens (tertiary/aromatic N) is 4. The summed E-state index contributed by atoms with van der Waals surface area (Å²) in [6.07, 6.45) is 5.87. The van der Waals surface area contributed by atoms with Crippen molar-refractivity contribution in [1.82, 2.24) is 14.1 Å². The molecule has 0 unspecified atom stereocenters. The Morgan fingerprint density at radius 3 is 1.55 bits per heavy atom. The number of hydrogen-bond acceptors (Lipinski definition) is 2. The minimum Gasteiger partial charge on any atom is -0.316 e. The minimum atomic E-state index is 1.09. The topological polar surface area (TPSA) is 26.0 Å². The maximum absolute atomic E-state index is 4.21. The van der Waals surface area contributed by atoms with Gasteiger partial charge in [-0.05, 0) is 113 Å². The van der Waals surface area contributed by atoms with E-state index in [9.17, 15) is 0 Å². The van der Waals surface area contributed by atoms with E-state index in [4.69, 9.17) is 0 Å². The summed E-state index contributed by atoms with van der Waals surface area (Å²) in [7, 11) is 0. The van der Waals surface area contributed by atoms with Crippen LogP contribution in [0.5, 0.6) is 0 Å². The number of hydrogen-bond donors (Lipinski definition) is 0. The lowest BCUT2D eigenvalue weighted by molar-refractivity contribution is 1.13. The summed E-state index contributed by atoms with van der Waals surface area (Å²) in [6.45, 7) is 0. The first kappa shape index (κ1) is 30.6. The van der Waals surface area contributed by atoms with E-state index in [0.717, 1.165) is 39.6 Å². The van der Waals surface area contributed by atoms with Gasteiger partial charge in [0.15, 0.2) is 0 Å². The molecule has 0 fully saturated rings. The van der Waals surface area contributed by atoms with E-state index in [1.54, 1.807) is 0 Å². The lowest BCUT2D eigenvalue weighted by Gasteiger charge is -2.26. The second-order valence-electron chi connectivity index (χ2n) is 13.3. The average Bonchev–Trinajstić information content (AvgIpc) is 3.82. The van der Waals surface area contributed by atoms with Gasteiger partial charge in [-0.2, -0.15) is 0 Å². The summed E-state index contributed by atoms with van der Waals surface area (Å²) >= 11 is 0. The van der Waals surface area contributed by atoms with Gasteiger partial charge in [-0.3, -0.25) is 4.98 Å². The molecule has 0 saturated carbocycles. The summed E-state index contributed by atoms with van der Waals surface area (Å²) in [5, 5.41) is 3.64. The molecule has 10 aromatic rings. The van der Waals surface area contributed by atoms with E-state index >= 15 is 0 Å². The van der Waals surface area contributed by atoms with Crippen molar-refractivity contribution in [2.45, 2.75) is 0 Å². The zero-order valence-electron chi connectivity index (χ0n) is 28.9. The van der Waals surface area contributed by atoms with Gasteiger partial charge in [0.25, 0.3) is 0 Å². The molecule has 4 nitrogen and oxygen atoms in total. The highest BCUT2D eigenvalue weighted by molar-refractivity contribution is 6.19. The number of para-hydroxylation sites is 2. The average molecular weight is 679 g/mol. The van der Waals surface area contributed by atoms with E-state index in [0.29, 0.717) is 0 Å². The highest BCUT2D eigenvalue weighted by atomic mass is 15.1. The van der Waals surface area contributed by atoms with Crippen molar-refractivity contribution in [1.29, 1.82) is 0 Å². The van der Waals surface area contributed by atoms with Crippen LogP contribution in [0.4, 0.5) is 17.1 Å². The zero-order chi connectivity index (χ0) is 35.1. The maximum Gasteiger partial charge on any atom is 0.0635 e. The van der Waals surface area contributed by atoms with E-state index in [1.165, 1.54) is 43.8 Å². The Kier molecular flexibility index (Phi) is 7.43. The van der Waals surface area contributed by atoms with Crippen molar-refractivity contribution in [2.75, 3.05) is 4.90 Å². The van der Waals surface area contributed by atoms with Gasteiger partial charge in [0.2, 0.25) is 0 Å². The molecule has 0 amide bonds. The molecule has 0 spiro atoms. The lowest BCUT2D eigenvalue weighted by Crippen LogP contribution is -2.10. The van der Waals surface area contributed by atoms with Crippen molar-refractivity contribution < 1.29 is 0 Å². The fourth-order valence-electron chi connectivity index (χ4n) is 7.74. The molecular formula is C49H34N4. The standard InChI is InChI=1S/C49H34N4/c1-4-10-35(11-5-1)36-16-20-41(21-17-36)52(42-22-18-37(19-23-42)38-28-31-50-32-29-38)43-24-26-48-46(34-43)44-25-27-47-45(30-33-51(47)39-12-6-2-7-13-39)49(44)53(48)40-14-8-3-9-15-40/h1-34H. The van der Waals surface area contributed by atoms with E-state index in [1.807, 2.05) is 12.4 Å². The summed E-state index contributed by atoms with van der Waals surface area (Å²) in [4.78, 5) is 6.57. The summed E-state index contributed by atoms with van der Waals surface area (Å²) < 4.78 is 4.71. The molecule has 53 heavy (non-hydrogen) atoms. The molecule has 0 aliphatic rings. The molecule has 0 aliphatic heterocycles. The summed E-state index contributed by atoms with van der Waals surface area (Å²) in [5.74, 6) is 0. The van der Waals surface area contributed by atoms with Gasteiger partial charge in [0.05, 0.1) is 16.6 Å². The van der Waals surface area contributed by atoms with Crippen LogP contribution in [0.15, 0.2) is 207 Å². The molecule has 0 radical (unpaired) electrons. The molecule has 3 aromatic heterocycles. The van der Waals surface area contributed by atoms with Gasteiger partial charge in [0, 0.05) is 63.2 Å². The van der Waals surface area contributed by atoms with Crippen LogP contribution in [-0.2, 0) is 0 Å². The highest BCUT2D eigenvalue weighted by Gasteiger charge is 2.20. The Morgan fingerprint density at radius 1 is 0.377 bits per heavy atom. The minimum absolute atomic E-state index is 1.09. The second-order valence-corrected chi connectivity index (χ2v) is 13.3. The molecule has 0 aliphatic carbocycles. The van der Waals surface area contributed by atoms with Gasteiger partial charge in [-0.1, -0.05) is 97.1 Å². The van der Waals surface area contributed by atoms with Crippen molar-refractivity contribution in [3.63, 3.8) is 0 Å². The molecule has 4 heteroatoms. The third-order valence-corrected chi connectivity index (χ3v) is 10.3. The largest absolute Gasteiger partial charge is 0.316 e. The molecule has 3 heterocycles. The van der Waals surface area contributed by atoms with E-state index in [2.05, 4.69) is 213 Å². The first-order valence-electron chi connectivity index (χ1n) is 18.0. The highest BCUT2D eigenvalue weighted by Crippen LogP contribution is 2.42. The van der Waals surface area contributed by atoms with Gasteiger partial charge in [-0.15, -0.1) is 0 Å². The normalized spacial score (nSPS) is 11.4. The number of anilines is 3. The first-order valence-corrected chi connectivity index (χ1v) is 18.0. The third kappa shape index (κ3) is 5.36. The quantitative estimate of drug-likeness (QED) is 0.168. The van der Waals surface area contributed by atoms with E-state index < -0.39 is 0 Å². The van der Waals surface area contributed by atoms with Gasteiger partial charge in [-0.25, -0.2) is 0 Å². The molecule has 7 aromatic carbocycles. The number of aromatic nitrogens is 3. The predicted molar refractivity (Wildman–Crippen MR) is 221 cm³/mol. The van der Waals surface area contributed by atoms with Crippen LogP contribution in [0, 0.1) is 0 Å². The Labute approximate surface area is 308 Å². The van der Waals surface area contributed by atoms with Crippen LogP contribution in [0.2, 0.25) is 0 Å².